The summed E-state index contributed by atoms with van der Waals surface area (Å²) >= 11 is 1.74. The minimum absolute atomic E-state index is 0.270. The minimum Gasteiger partial charge on any atom is -0.356 e. The van der Waals surface area contributed by atoms with Crippen molar-refractivity contribution in [2.75, 3.05) is 51.3 Å². The Balaban J connectivity index is 1.64. The van der Waals surface area contributed by atoms with Crippen LogP contribution in [0.15, 0.2) is 4.99 Å². The van der Waals surface area contributed by atoms with Crippen molar-refractivity contribution in [2.24, 2.45) is 4.99 Å². The van der Waals surface area contributed by atoms with Gasteiger partial charge < -0.3 is 10.6 Å². The summed E-state index contributed by atoms with van der Waals surface area (Å²) in [4.78, 5) is 12.2. The van der Waals surface area contributed by atoms with Gasteiger partial charge in [0.15, 0.2) is 15.8 Å². The lowest BCUT2D eigenvalue weighted by Gasteiger charge is -2.26. The van der Waals surface area contributed by atoms with Gasteiger partial charge in [0.05, 0.1) is 22.2 Å². The maximum atomic E-state index is 11.4. The number of aryl methyl sites for hydroxylation is 2. The Morgan fingerprint density at radius 2 is 1.92 bits per heavy atom. The molecule has 1 saturated heterocycles. The first-order chi connectivity index (χ1) is 11.4. The summed E-state index contributed by atoms with van der Waals surface area (Å²) in [5.74, 6) is 1.31. The molecule has 0 amide bonds. The topological polar surface area (TPSA) is 86.7 Å². The number of guanidine groups is 1. The van der Waals surface area contributed by atoms with E-state index in [2.05, 4.69) is 32.4 Å². The van der Waals surface area contributed by atoms with Crippen molar-refractivity contribution in [3.63, 3.8) is 0 Å². The van der Waals surface area contributed by atoms with E-state index in [4.69, 9.17) is 0 Å². The standard InChI is InChI=1S/C15H27N5O2S2/c1-12-13(2)23-14(19-12)4-5-17-15(16-3)18-6-7-20-8-10-24(21,22)11-9-20/h4-11H2,1-3H3,(H2,16,17,18). The van der Waals surface area contributed by atoms with Crippen LogP contribution in [0.2, 0.25) is 0 Å². The van der Waals surface area contributed by atoms with Crippen LogP contribution in [0.3, 0.4) is 0 Å². The molecule has 7 nitrogen and oxygen atoms in total. The summed E-state index contributed by atoms with van der Waals surface area (Å²) in [7, 11) is -1.05. The Hall–Kier alpha value is -1.19. The third-order valence-corrected chi connectivity index (χ3v) is 6.83. The number of hydrogen-bond donors (Lipinski definition) is 2. The highest BCUT2D eigenvalue weighted by atomic mass is 32.2. The van der Waals surface area contributed by atoms with E-state index >= 15 is 0 Å². The summed E-state index contributed by atoms with van der Waals surface area (Å²) in [6.45, 7) is 7.73. The second-order valence-corrected chi connectivity index (χ2v) is 9.51. The molecule has 2 N–H and O–H groups in total. The van der Waals surface area contributed by atoms with E-state index in [1.165, 1.54) is 4.88 Å². The zero-order valence-corrected chi connectivity index (χ0v) is 16.3. The minimum atomic E-state index is -2.80. The molecule has 0 unspecified atom stereocenters. The van der Waals surface area contributed by atoms with Crippen LogP contribution in [0, 0.1) is 13.8 Å². The Labute approximate surface area is 148 Å². The zero-order valence-electron chi connectivity index (χ0n) is 14.6. The smallest absolute Gasteiger partial charge is 0.191 e. The highest BCUT2D eigenvalue weighted by molar-refractivity contribution is 7.91. The van der Waals surface area contributed by atoms with Crippen molar-refractivity contribution in [1.29, 1.82) is 0 Å². The monoisotopic (exact) mass is 373 g/mol. The molecule has 0 spiro atoms. The van der Waals surface area contributed by atoms with Gasteiger partial charge >= 0.3 is 0 Å². The zero-order chi connectivity index (χ0) is 17.6. The van der Waals surface area contributed by atoms with Gasteiger partial charge in [0.25, 0.3) is 0 Å². The highest BCUT2D eigenvalue weighted by Gasteiger charge is 2.20. The summed E-state index contributed by atoms with van der Waals surface area (Å²) < 4.78 is 22.8. The van der Waals surface area contributed by atoms with Gasteiger partial charge in [-0.15, -0.1) is 11.3 Å². The van der Waals surface area contributed by atoms with E-state index in [-0.39, 0.29) is 11.5 Å². The van der Waals surface area contributed by atoms with E-state index in [0.29, 0.717) is 13.1 Å². The average Bonchev–Trinajstić information content (AvgIpc) is 2.85. The van der Waals surface area contributed by atoms with Crippen molar-refractivity contribution in [1.82, 2.24) is 20.5 Å². The lowest BCUT2D eigenvalue weighted by Crippen LogP contribution is -2.46. The molecule has 0 atom stereocenters. The summed E-state index contributed by atoms with van der Waals surface area (Å²) in [6.07, 6.45) is 0.879. The summed E-state index contributed by atoms with van der Waals surface area (Å²) in [6, 6.07) is 0. The molecule has 24 heavy (non-hydrogen) atoms. The first kappa shape index (κ1) is 19.1. The fraction of sp³-hybridized carbons (Fsp3) is 0.733. The fourth-order valence-electron chi connectivity index (χ4n) is 2.46. The van der Waals surface area contributed by atoms with E-state index in [9.17, 15) is 8.42 Å². The largest absolute Gasteiger partial charge is 0.356 e. The van der Waals surface area contributed by atoms with Gasteiger partial charge in [-0.05, 0) is 13.8 Å². The van der Waals surface area contributed by atoms with E-state index < -0.39 is 9.84 Å². The molecular formula is C15H27N5O2S2. The van der Waals surface area contributed by atoms with E-state index in [1.807, 2.05) is 6.92 Å². The van der Waals surface area contributed by atoms with E-state index in [0.717, 1.165) is 42.7 Å². The van der Waals surface area contributed by atoms with Crippen molar-refractivity contribution < 1.29 is 8.42 Å². The predicted octanol–water partition coefficient (Wildman–Crippen LogP) is 0.198. The molecule has 9 heteroatoms. The van der Waals surface area contributed by atoms with E-state index in [1.54, 1.807) is 18.4 Å². The molecule has 2 rings (SSSR count). The Bertz CT molecular complexity index is 636. The molecule has 1 aromatic heterocycles. The molecule has 136 valence electrons. The number of nitrogens with one attached hydrogen (secondary N) is 2. The molecule has 0 radical (unpaired) electrons. The molecule has 1 aromatic rings. The van der Waals surface area contributed by atoms with Gasteiger partial charge in [0, 0.05) is 51.1 Å². The molecule has 1 aliphatic rings. The molecule has 1 aliphatic heterocycles. The molecule has 0 saturated carbocycles. The van der Waals surface area contributed by atoms with Gasteiger partial charge in [-0.3, -0.25) is 9.89 Å². The van der Waals surface area contributed by atoms with Crippen LogP contribution < -0.4 is 10.6 Å². The first-order valence-electron chi connectivity index (χ1n) is 8.20. The summed E-state index contributed by atoms with van der Waals surface area (Å²) in [5.41, 5.74) is 1.11. The number of nitrogens with zero attached hydrogens (tertiary/aromatic N) is 3. The highest BCUT2D eigenvalue weighted by Crippen LogP contribution is 2.16. The second kappa shape index (κ2) is 8.77. The third-order valence-electron chi connectivity index (χ3n) is 4.09. The van der Waals surface area contributed by atoms with Crippen LogP contribution in [0.4, 0.5) is 0 Å². The van der Waals surface area contributed by atoms with Crippen LogP contribution in [-0.4, -0.2) is 75.5 Å². The van der Waals surface area contributed by atoms with Crippen LogP contribution in [-0.2, 0) is 16.3 Å². The van der Waals surface area contributed by atoms with Gasteiger partial charge in [-0.25, -0.2) is 13.4 Å². The number of sulfone groups is 1. The van der Waals surface area contributed by atoms with Gasteiger partial charge in [-0.1, -0.05) is 0 Å². The Morgan fingerprint density at radius 1 is 1.25 bits per heavy atom. The molecule has 0 aliphatic carbocycles. The number of hydrogen-bond acceptors (Lipinski definition) is 6. The maximum absolute atomic E-state index is 11.4. The van der Waals surface area contributed by atoms with Crippen LogP contribution in [0.25, 0.3) is 0 Å². The molecule has 0 bridgehead atoms. The van der Waals surface area contributed by atoms with Crippen LogP contribution >= 0.6 is 11.3 Å². The number of thiazole rings is 1. The SMILES string of the molecule is CN=C(NCCc1nc(C)c(C)s1)NCCN1CCS(=O)(=O)CC1. The van der Waals surface area contributed by atoms with Crippen molar-refractivity contribution >= 4 is 27.1 Å². The first-order valence-corrected chi connectivity index (χ1v) is 10.8. The second-order valence-electron chi connectivity index (χ2n) is 5.92. The summed E-state index contributed by atoms with van der Waals surface area (Å²) in [5, 5.41) is 7.70. The third kappa shape index (κ3) is 6.03. The Morgan fingerprint density at radius 3 is 2.50 bits per heavy atom. The van der Waals surface area contributed by atoms with Crippen molar-refractivity contribution in [2.45, 2.75) is 20.3 Å². The molecular weight excluding hydrogens is 346 g/mol. The number of aromatic nitrogens is 1. The van der Waals surface area contributed by atoms with Crippen molar-refractivity contribution in [3.05, 3.63) is 15.6 Å². The van der Waals surface area contributed by atoms with Gasteiger partial charge in [-0.2, -0.15) is 0 Å². The van der Waals surface area contributed by atoms with Gasteiger partial charge in [0.1, 0.15) is 0 Å². The lowest BCUT2D eigenvalue weighted by molar-refractivity contribution is 0.299. The molecule has 2 heterocycles. The number of aliphatic imine (C=N–C) groups is 1. The van der Waals surface area contributed by atoms with Crippen LogP contribution in [0.5, 0.6) is 0 Å². The molecule has 1 fully saturated rings. The van der Waals surface area contributed by atoms with Crippen molar-refractivity contribution in [3.8, 4) is 0 Å². The van der Waals surface area contributed by atoms with Gasteiger partial charge in [0.2, 0.25) is 0 Å². The quantitative estimate of drug-likeness (QED) is 0.547. The fourth-order valence-corrected chi connectivity index (χ4v) is 4.67. The molecule has 0 aromatic carbocycles. The average molecular weight is 374 g/mol. The predicted molar refractivity (Wildman–Crippen MR) is 99.8 cm³/mol. The normalized spacial score (nSPS) is 18.5. The number of rotatable bonds is 6. The Kier molecular flexibility index (Phi) is 7.00. The lowest BCUT2D eigenvalue weighted by atomic mass is 10.4. The maximum Gasteiger partial charge on any atom is 0.191 e. The van der Waals surface area contributed by atoms with Crippen LogP contribution in [0.1, 0.15) is 15.6 Å².